The van der Waals surface area contributed by atoms with Crippen molar-refractivity contribution < 1.29 is 9.59 Å². The number of hydrogen-bond acceptors (Lipinski definition) is 4. The van der Waals surface area contributed by atoms with E-state index in [9.17, 15) is 9.59 Å². The molecule has 1 aromatic rings. The first kappa shape index (κ1) is 12.4. The fourth-order valence-corrected chi connectivity index (χ4v) is 1.96. The Morgan fingerprint density at radius 2 is 1.89 bits per heavy atom. The van der Waals surface area contributed by atoms with E-state index in [2.05, 4.69) is 5.10 Å². The van der Waals surface area contributed by atoms with Gasteiger partial charge in [-0.2, -0.15) is 5.10 Å². The fraction of sp³-hybridized carbons (Fsp3) is 0.545. The van der Waals surface area contributed by atoms with E-state index in [1.54, 1.807) is 26.7 Å². The second kappa shape index (κ2) is 5.07. The van der Waals surface area contributed by atoms with E-state index < -0.39 is 11.8 Å². The van der Waals surface area contributed by atoms with Gasteiger partial charge in [-0.3, -0.25) is 14.3 Å². The van der Waals surface area contributed by atoms with E-state index >= 15 is 0 Å². The summed E-state index contributed by atoms with van der Waals surface area (Å²) in [5, 5.41) is 4.03. The minimum absolute atomic E-state index is 0.413. The molecule has 0 saturated carbocycles. The van der Waals surface area contributed by atoms with Gasteiger partial charge in [-0.15, -0.1) is 0 Å². The third-order valence-electron chi connectivity index (χ3n) is 3.04. The maximum Gasteiger partial charge on any atom is 0.312 e. The fourth-order valence-electron chi connectivity index (χ4n) is 1.96. The Morgan fingerprint density at radius 3 is 2.50 bits per heavy atom. The van der Waals surface area contributed by atoms with Crippen LogP contribution in [0.1, 0.15) is 6.92 Å². The third-order valence-corrected chi connectivity index (χ3v) is 3.04. The minimum atomic E-state index is -0.428. The highest BCUT2D eigenvalue weighted by atomic mass is 16.2. The molecular formula is C11H17N5O2. The van der Waals surface area contributed by atoms with Gasteiger partial charge in [0, 0.05) is 32.4 Å². The molecule has 7 nitrogen and oxygen atoms in total. The average molecular weight is 251 g/mol. The van der Waals surface area contributed by atoms with Gasteiger partial charge in [-0.05, 0) is 13.0 Å². The summed E-state index contributed by atoms with van der Waals surface area (Å²) in [6.07, 6.45) is 1.75. The molecule has 2 N–H and O–H groups in total. The van der Waals surface area contributed by atoms with Crippen molar-refractivity contribution in [3.63, 3.8) is 0 Å². The Morgan fingerprint density at radius 1 is 1.22 bits per heavy atom. The first-order valence-corrected chi connectivity index (χ1v) is 5.99. The van der Waals surface area contributed by atoms with E-state index in [1.165, 1.54) is 0 Å². The summed E-state index contributed by atoms with van der Waals surface area (Å²) in [6, 6.07) is 1.70. The SMILES string of the molecule is CCN1CCN(CCn2ccc(N)n2)C(=O)C1=O. The largest absolute Gasteiger partial charge is 0.382 e. The number of piperazine rings is 1. The third kappa shape index (κ3) is 2.44. The highest BCUT2D eigenvalue weighted by Gasteiger charge is 2.31. The van der Waals surface area contributed by atoms with Gasteiger partial charge in [0.25, 0.3) is 0 Å². The predicted molar refractivity (Wildman–Crippen MR) is 65.5 cm³/mol. The van der Waals surface area contributed by atoms with Gasteiger partial charge in [0.2, 0.25) is 0 Å². The molecule has 7 heteroatoms. The van der Waals surface area contributed by atoms with Crippen LogP contribution in [0, 0.1) is 0 Å². The van der Waals surface area contributed by atoms with Crippen molar-refractivity contribution >= 4 is 17.6 Å². The number of carbonyl (C=O) groups is 2. The Kier molecular flexibility index (Phi) is 3.50. The van der Waals surface area contributed by atoms with Crippen molar-refractivity contribution in [2.45, 2.75) is 13.5 Å². The van der Waals surface area contributed by atoms with Crippen LogP contribution in [0.15, 0.2) is 12.3 Å². The monoisotopic (exact) mass is 251 g/mol. The maximum atomic E-state index is 11.8. The lowest BCUT2D eigenvalue weighted by molar-refractivity contribution is -0.155. The summed E-state index contributed by atoms with van der Waals surface area (Å²) < 4.78 is 1.67. The topological polar surface area (TPSA) is 84.5 Å². The Bertz CT molecular complexity index is 456. The van der Waals surface area contributed by atoms with Gasteiger partial charge in [0.15, 0.2) is 0 Å². The molecule has 0 unspecified atom stereocenters. The Labute approximate surface area is 105 Å². The number of nitrogen functional groups attached to an aromatic ring is 1. The molecule has 0 radical (unpaired) electrons. The van der Waals surface area contributed by atoms with E-state index in [1.807, 2.05) is 6.92 Å². The molecule has 0 aromatic carbocycles. The average Bonchev–Trinajstić information content (AvgIpc) is 2.77. The van der Waals surface area contributed by atoms with Gasteiger partial charge < -0.3 is 15.5 Å². The number of likely N-dealkylation sites (N-methyl/N-ethyl adjacent to an activating group) is 1. The molecule has 1 fully saturated rings. The minimum Gasteiger partial charge on any atom is -0.382 e. The number of rotatable bonds is 4. The van der Waals surface area contributed by atoms with Crippen LogP contribution in [0.2, 0.25) is 0 Å². The number of anilines is 1. The van der Waals surface area contributed by atoms with Gasteiger partial charge in [0.1, 0.15) is 5.82 Å². The Balaban J connectivity index is 1.91. The molecule has 2 heterocycles. The molecule has 1 aromatic heterocycles. The summed E-state index contributed by atoms with van der Waals surface area (Å²) >= 11 is 0. The number of amides is 2. The summed E-state index contributed by atoms with van der Waals surface area (Å²) in [5.74, 6) is -0.389. The first-order chi connectivity index (χ1) is 8.61. The van der Waals surface area contributed by atoms with Crippen LogP contribution >= 0.6 is 0 Å². The highest BCUT2D eigenvalue weighted by Crippen LogP contribution is 2.05. The lowest BCUT2D eigenvalue weighted by Crippen LogP contribution is -2.54. The molecule has 1 aliphatic rings. The van der Waals surface area contributed by atoms with E-state index in [4.69, 9.17) is 5.73 Å². The first-order valence-electron chi connectivity index (χ1n) is 5.99. The zero-order chi connectivity index (χ0) is 13.1. The Hall–Kier alpha value is -2.05. The van der Waals surface area contributed by atoms with Gasteiger partial charge >= 0.3 is 11.8 Å². The van der Waals surface area contributed by atoms with Crippen LogP contribution in [0.4, 0.5) is 5.82 Å². The van der Waals surface area contributed by atoms with Gasteiger partial charge in [0.05, 0.1) is 6.54 Å². The van der Waals surface area contributed by atoms with Gasteiger partial charge in [-0.25, -0.2) is 0 Å². The number of nitrogens with zero attached hydrogens (tertiary/aromatic N) is 4. The molecule has 0 aliphatic carbocycles. The van der Waals surface area contributed by atoms with Crippen molar-refractivity contribution in [1.29, 1.82) is 0 Å². The zero-order valence-corrected chi connectivity index (χ0v) is 10.4. The summed E-state index contributed by atoms with van der Waals surface area (Å²) in [5.41, 5.74) is 5.50. The van der Waals surface area contributed by atoms with Crippen LogP contribution in [-0.2, 0) is 16.1 Å². The molecule has 0 bridgehead atoms. The lowest BCUT2D eigenvalue weighted by Gasteiger charge is -2.33. The maximum absolute atomic E-state index is 11.8. The normalized spacial score (nSPS) is 16.5. The van der Waals surface area contributed by atoms with E-state index in [0.29, 0.717) is 38.5 Å². The van der Waals surface area contributed by atoms with Crippen LogP contribution in [0.3, 0.4) is 0 Å². The van der Waals surface area contributed by atoms with E-state index in [-0.39, 0.29) is 0 Å². The number of aromatic nitrogens is 2. The molecule has 18 heavy (non-hydrogen) atoms. The summed E-state index contributed by atoms with van der Waals surface area (Å²) in [7, 11) is 0. The zero-order valence-electron chi connectivity index (χ0n) is 10.4. The van der Waals surface area contributed by atoms with Crippen molar-refractivity contribution in [2.24, 2.45) is 0 Å². The molecule has 1 aliphatic heterocycles. The van der Waals surface area contributed by atoms with Gasteiger partial charge in [-0.1, -0.05) is 0 Å². The van der Waals surface area contributed by atoms with Crippen LogP contribution in [-0.4, -0.2) is 57.6 Å². The molecule has 2 rings (SSSR count). The second-order valence-electron chi connectivity index (χ2n) is 4.18. The molecule has 1 saturated heterocycles. The summed E-state index contributed by atoms with van der Waals surface area (Å²) in [4.78, 5) is 26.6. The molecule has 0 atom stereocenters. The lowest BCUT2D eigenvalue weighted by atomic mass is 10.3. The van der Waals surface area contributed by atoms with Crippen molar-refractivity contribution in [1.82, 2.24) is 19.6 Å². The van der Waals surface area contributed by atoms with Crippen molar-refractivity contribution in [2.75, 3.05) is 31.9 Å². The second-order valence-corrected chi connectivity index (χ2v) is 4.18. The van der Waals surface area contributed by atoms with E-state index in [0.717, 1.165) is 0 Å². The number of carbonyl (C=O) groups excluding carboxylic acids is 2. The highest BCUT2D eigenvalue weighted by molar-refractivity contribution is 6.35. The molecular weight excluding hydrogens is 234 g/mol. The summed E-state index contributed by atoms with van der Waals surface area (Å²) in [6.45, 7) is 4.64. The molecule has 2 amide bonds. The van der Waals surface area contributed by atoms with Crippen molar-refractivity contribution in [3.8, 4) is 0 Å². The number of nitrogens with two attached hydrogens (primary N) is 1. The quantitative estimate of drug-likeness (QED) is 0.707. The van der Waals surface area contributed by atoms with Crippen LogP contribution < -0.4 is 5.73 Å². The predicted octanol–water partition coefficient (Wildman–Crippen LogP) is -0.844. The van der Waals surface area contributed by atoms with Crippen LogP contribution in [0.25, 0.3) is 0 Å². The molecule has 98 valence electrons. The smallest absolute Gasteiger partial charge is 0.312 e. The van der Waals surface area contributed by atoms with Crippen LogP contribution in [0.5, 0.6) is 0 Å². The molecule has 0 spiro atoms. The van der Waals surface area contributed by atoms with Crippen molar-refractivity contribution in [3.05, 3.63) is 12.3 Å². The standard InChI is InChI=1S/C11H17N5O2/c1-2-14-5-6-15(11(18)10(14)17)7-8-16-4-3-9(12)13-16/h3-4H,2,5-8H2,1H3,(H2,12,13). The number of hydrogen-bond donors (Lipinski definition) is 1.